The van der Waals surface area contributed by atoms with Crippen LogP contribution in [-0.4, -0.2) is 34.6 Å². The molecule has 2 aliphatic heterocycles. The quantitative estimate of drug-likeness (QED) is 0.658. The second-order valence-corrected chi connectivity index (χ2v) is 8.14. The number of rotatable bonds is 6. The van der Waals surface area contributed by atoms with Crippen LogP contribution in [0.4, 0.5) is 5.13 Å². The van der Waals surface area contributed by atoms with Gasteiger partial charge in [0.15, 0.2) is 11.5 Å². The molecule has 1 N–H and O–H groups in total. The van der Waals surface area contributed by atoms with Crippen LogP contribution in [-0.2, 0) is 17.8 Å². The summed E-state index contributed by atoms with van der Waals surface area (Å²) in [7, 11) is 0. The Kier molecular flexibility index (Phi) is 5.23. The van der Waals surface area contributed by atoms with Gasteiger partial charge in [-0.15, -0.1) is 0 Å². The summed E-state index contributed by atoms with van der Waals surface area (Å²) in [5.74, 6) is 2.29. The number of benzene rings is 2. The minimum Gasteiger partial charge on any atom is -0.454 e. The minimum absolute atomic E-state index is 0.0185. The van der Waals surface area contributed by atoms with Crippen molar-refractivity contribution in [3.63, 3.8) is 0 Å². The molecule has 30 heavy (non-hydrogen) atoms. The molecule has 7 nitrogen and oxygen atoms in total. The zero-order chi connectivity index (χ0) is 20.3. The van der Waals surface area contributed by atoms with E-state index >= 15 is 0 Å². The van der Waals surface area contributed by atoms with E-state index in [0.717, 1.165) is 47.4 Å². The summed E-state index contributed by atoms with van der Waals surface area (Å²) in [6, 6.07) is 15.7. The fraction of sp³-hybridized carbons (Fsp3) is 0.318. The molecule has 1 fully saturated rings. The van der Waals surface area contributed by atoms with E-state index in [2.05, 4.69) is 26.7 Å². The third kappa shape index (κ3) is 3.95. The normalized spacial score (nSPS) is 17.3. The van der Waals surface area contributed by atoms with Crippen LogP contribution in [0, 0.1) is 0 Å². The van der Waals surface area contributed by atoms with E-state index in [4.69, 9.17) is 14.5 Å². The Bertz CT molecular complexity index is 1040. The number of hydrogen-bond acceptors (Lipinski definition) is 7. The van der Waals surface area contributed by atoms with E-state index in [1.807, 2.05) is 36.4 Å². The highest BCUT2D eigenvalue weighted by atomic mass is 32.1. The Hall–Kier alpha value is -3.13. The van der Waals surface area contributed by atoms with E-state index in [0.29, 0.717) is 13.0 Å². The van der Waals surface area contributed by atoms with E-state index in [1.165, 1.54) is 17.1 Å². The van der Waals surface area contributed by atoms with Crippen molar-refractivity contribution in [2.75, 3.05) is 18.2 Å². The van der Waals surface area contributed by atoms with Crippen molar-refractivity contribution >= 4 is 22.6 Å². The topological polar surface area (TPSA) is 76.6 Å². The molecule has 0 spiro atoms. The van der Waals surface area contributed by atoms with Crippen molar-refractivity contribution in [3.05, 3.63) is 65.5 Å². The lowest BCUT2D eigenvalue weighted by Gasteiger charge is -2.22. The molecular weight excluding hydrogens is 400 g/mol. The van der Waals surface area contributed by atoms with Gasteiger partial charge in [0.2, 0.25) is 17.8 Å². The van der Waals surface area contributed by atoms with Crippen LogP contribution in [0.1, 0.15) is 29.8 Å². The standard InChI is InChI=1S/C22H22N4O3S/c27-21(23-13-16-8-9-18-19(11-16)29-14-28-18)17-7-4-10-26(17)22-24-20(25-30-22)12-15-5-2-1-3-6-15/h1-3,5-6,8-9,11,17H,4,7,10,12-14H2,(H,23,27). The fourth-order valence-electron chi connectivity index (χ4n) is 3.84. The number of fused-ring (bicyclic) bond motifs is 1. The van der Waals surface area contributed by atoms with E-state index in [9.17, 15) is 4.79 Å². The number of ether oxygens (including phenoxy) is 2. The number of hydrogen-bond donors (Lipinski definition) is 1. The number of nitrogens with one attached hydrogen (secondary N) is 1. The van der Waals surface area contributed by atoms with Gasteiger partial charge in [-0.05, 0) is 36.1 Å². The first-order chi connectivity index (χ1) is 14.8. The monoisotopic (exact) mass is 422 g/mol. The maximum atomic E-state index is 12.9. The van der Waals surface area contributed by atoms with Gasteiger partial charge >= 0.3 is 0 Å². The predicted octanol–water partition coefficient (Wildman–Crippen LogP) is 3.14. The summed E-state index contributed by atoms with van der Waals surface area (Å²) in [6.45, 7) is 1.52. The number of anilines is 1. The lowest BCUT2D eigenvalue weighted by Crippen LogP contribution is -2.43. The second kappa shape index (κ2) is 8.31. The van der Waals surface area contributed by atoms with Crippen LogP contribution >= 0.6 is 11.5 Å². The molecule has 0 bridgehead atoms. The number of nitrogens with zero attached hydrogens (tertiary/aromatic N) is 3. The van der Waals surface area contributed by atoms with Gasteiger partial charge in [0, 0.05) is 31.0 Å². The Morgan fingerprint density at radius 2 is 2.00 bits per heavy atom. The Morgan fingerprint density at radius 1 is 1.13 bits per heavy atom. The molecule has 1 aromatic heterocycles. The summed E-state index contributed by atoms with van der Waals surface area (Å²) in [5.41, 5.74) is 2.17. The highest BCUT2D eigenvalue weighted by molar-refractivity contribution is 7.09. The van der Waals surface area contributed by atoms with Gasteiger partial charge in [0.25, 0.3) is 0 Å². The Balaban J connectivity index is 1.22. The van der Waals surface area contributed by atoms with Crippen LogP contribution < -0.4 is 19.7 Å². The van der Waals surface area contributed by atoms with Gasteiger partial charge < -0.3 is 19.7 Å². The molecule has 0 saturated carbocycles. The van der Waals surface area contributed by atoms with Gasteiger partial charge in [-0.25, -0.2) is 4.98 Å². The largest absolute Gasteiger partial charge is 0.454 e. The highest BCUT2D eigenvalue weighted by Crippen LogP contribution is 2.32. The Morgan fingerprint density at radius 3 is 2.90 bits per heavy atom. The van der Waals surface area contributed by atoms with Crippen LogP contribution in [0.3, 0.4) is 0 Å². The molecule has 0 radical (unpaired) electrons. The molecule has 1 amide bonds. The summed E-state index contributed by atoms with van der Waals surface area (Å²) in [4.78, 5) is 19.7. The van der Waals surface area contributed by atoms with E-state index < -0.39 is 0 Å². The van der Waals surface area contributed by atoms with Crippen molar-refractivity contribution in [2.45, 2.75) is 31.8 Å². The summed E-state index contributed by atoms with van der Waals surface area (Å²) in [6.07, 6.45) is 2.49. The van der Waals surface area contributed by atoms with Crippen molar-refractivity contribution < 1.29 is 14.3 Å². The lowest BCUT2D eigenvalue weighted by atomic mass is 10.1. The molecule has 1 saturated heterocycles. The first-order valence-corrected chi connectivity index (χ1v) is 10.8. The van der Waals surface area contributed by atoms with Crippen LogP contribution in [0.25, 0.3) is 0 Å². The lowest BCUT2D eigenvalue weighted by molar-refractivity contribution is -0.122. The third-order valence-electron chi connectivity index (χ3n) is 5.37. The maximum absolute atomic E-state index is 12.9. The molecule has 3 aromatic rings. The van der Waals surface area contributed by atoms with Crippen molar-refractivity contribution in [1.82, 2.24) is 14.7 Å². The zero-order valence-corrected chi connectivity index (χ0v) is 17.2. The highest BCUT2D eigenvalue weighted by Gasteiger charge is 2.32. The van der Waals surface area contributed by atoms with E-state index in [-0.39, 0.29) is 18.7 Å². The van der Waals surface area contributed by atoms with Gasteiger partial charge in [0.1, 0.15) is 11.9 Å². The van der Waals surface area contributed by atoms with Gasteiger partial charge in [-0.3, -0.25) is 4.79 Å². The van der Waals surface area contributed by atoms with Crippen molar-refractivity contribution in [1.29, 1.82) is 0 Å². The van der Waals surface area contributed by atoms with Crippen molar-refractivity contribution in [2.24, 2.45) is 0 Å². The average Bonchev–Trinajstić information content (AvgIpc) is 3.52. The van der Waals surface area contributed by atoms with Crippen molar-refractivity contribution in [3.8, 4) is 11.5 Å². The SMILES string of the molecule is O=C(NCc1ccc2c(c1)OCO2)C1CCCN1c1nc(Cc2ccccc2)ns1. The molecule has 2 aliphatic rings. The van der Waals surface area contributed by atoms with Gasteiger partial charge in [-0.1, -0.05) is 36.4 Å². The average molecular weight is 423 g/mol. The molecule has 3 heterocycles. The molecule has 5 rings (SSSR count). The number of aromatic nitrogens is 2. The molecule has 154 valence electrons. The smallest absolute Gasteiger partial charge is 0.243 e. The molecule has 1 atom stereocenters. The zero-order valence-electron chi connectivity index (χ0n) is 16.4. The number of carbonyl (C=O) groups excluding carboxylic acids is 1. The molecular formula is C22H22N4O3S. The Labute approximate surface area is 178 Å². The predicted molar refractivity (Wildman–Crippen MR) is 114 cm³/mol. The summed E-state index contributed by atoms with van der Waals surface area (Å²) >= 11 is 1.37. The minimum atomic E-state index is -0.212. The number of amides is 1. The first-order valence-electron chi connectivity index (χ1n) is 10.1. The van der Waals surface area contributed by atoms with Crippen LogP contribution in [0.2, 0.25) is 0 Å². The van der Waals surface area contributed by atoms with Crippen LogP contribution in [0.15, 0.2) is 48.5 Å². The molecule has 0 aliphatic carbocycles. The third-order valence-corrected chi connectivity index (χ3v) is 6.16. The number of carbonyl (C=O) groups is 1. The first kappa shape index (κ1) is 18.9. The fourth-order valence-corrected chi connectivity index (χ4v) is 4.60. The molecule has 1 unspecified atom stereocenters. The van der Waals surface area contributed by atoms with Gasteiger partial charge in [-0.2, -0.15) is 4.37 Å². The summed E-state index contributed by atoms with van der Waals surface area (Å²) < 4.78 is 15.3. The molecule has 2 aromatic carbocycles. The van der Waals surface area contributed by atoms with Gasteiger partial charge in [0.05, 0.1) is 0 Å². The van der Waals surface area contributed by atoms with E-state index in [1.54, 1.807) is 0 Å². The second-order valence-electron chi connectivity index (χ2n) is 7.41. The maximum Gasteiger partial charge on any atom is 0.243 e. The van der Waals surface area contributed by atoms with Crippen LogP contribution in [0.5, 0.6) is 11.5 Å². The summed E-state index contributed by atoms with van der Waals surface area (Å²) in [5, 5.41) is 3.88. The molecule has 8 heteroatoms.